The number of piperidine rings is 1. The lowest BCUT2D eigenvalue weighted by atomic mass is 10.0. The van der Waals surface area contributed by atoms with Crippen molar-refractivity contribution in [2.24, 2.45) is 0 Å². The van der Waals surface area contributed by atoms with Crippen molar-refractivity contribution in [3.8, 4) is 0 Å². The number of benzene rings is 2. The molecule has 0 spiro atoms. The van der Waals surface area contributed by atoms with E-state index in [0.717, 1.165) is 55.9 Å². The third-order valence-corrected chi connectivity index (χ3v) is 6.70. The number of nitrogens with zero attached hydrogens (tertiary/aromatic N) is 4. The third kappa shape index (κ3) is 4.54. The molecule has 6 nitrogen and oxygen atoms in total. The lowest BCUT2D eigenvalue weighted by molar-refractivity contribution is 0.0581. The van der Waals surface area contributed by atoms with E-state index in [0.29, 0.717) is 16.8 Å². The van der Waals surface area contributed by atoms with Gasteiger partial charge in [0.15, 0.2) is 0 Å². The molecule has 170 valence electrons. The molecule has 0 unspecified atom stereocenters. The summed E-state index contributed by atoms with van der Waals surface area (Å²) in [5.41, 5.74) is 3.90. The number of carbonyl (C=O) groups is 1. The van der Waals surface area contributed by atoms with Crippen LogP contribution in [-0.4, -0.2) is 45.2 Å². The fourth-order valence-electron chi connectivity index (χ4n) is 4.76. The van der Waals surface area contributed by atoms with Crippen molar-refractivity contribution in [1.82, 2.24) is 19.0 Å². The molecule has 0 amide bonds. The van der Waals surface area contributed by atoms with E-state index in [1.165, 1.54) is 12.7 Å². The molecule has 7 heteroatoms. The van der Waals surface area contributed by atoms with Crippen LogP contribution in [0.2, 0.25) is 5.02 Å². The SMILES string of the molecule is COC(=O)c1cccn1C1CCN(Cc2nc3cc(Cl)ccc3n2Cc2ccccc2)CC1. The topological polar surface area (TPSA) is 52.3 Å². The Morgan fingerprint density at radius 3 is 2.61 bits per heavy atom. The minimum Gasteiger partial charge on any atom is -0.464 e. The predicted molar refractivity (Wildman–Crippen MR) is 130 cm³/mol. The smallest absolute Gasteiger partial charge is 0.354 e. The maximum Gasteiger partial charge on any atom is 0.354 e. The van der Waals surface area contributed by atoms with E-state index >= 15 is 0 Å². The van der Waals surface area contributed by atoms with Gasteiger partial charge in [-0.15, -0.1) is 0 Å². The van der Waals surface area contributed by atoms with Crippen LogP contribution in [0, 0.1) is 0 Å². The van der Waals surface area contributed by atoms with E-state index in [2.05, 4.69) is 44.4 Å². The summed E-state index contributed by atoms with van der Waals surface area (Å²) < 4.78 is 9.30. The monoisotopic (exact) mass is 462 g/mol. The summed E-state index contributed by atoms with van der Waals surface area (Å²) >= 11 is 6.25. The number of fused-ring (bicyclic) bond motifs is 1. The largest absolute Gasteiger partial charge is 0.464 e. The zero-order chi connectivity index (χ0) is 22.8. The lowest BCUT2D eigenvalue weighted by Crippen LogP contribution is -2.35. The van der Waals surface area contributed by atoms with Crippen LogP contribution >= 0.6 is 11.6 Å². The van der Waals surface area contributed by atoms with Gasteiger partial charge in [0, 0.05) is 36.9 Å². The van der Waals surface area contributed by atoms with Crippen LogP contribution in [0.3, 0.4) is 0 Å². The average Bonchev–Trinajstić information content (AvgIpc) is 3.45. The minimum absolute atomic E-state index is 0.282. The number of esters is 1. The number of ether oxygens (including phenoxy) is 1. The van der Waals surface area contributed by atoms with Crippen LogP contribution in [-0.2, 0) is 17.8 Å². The molecular formula is C26H27ClN4O2. The van der Waals surface area contributed by atoms with Gasteiger partial charge < -0.3 is 13.9 Å². The summed E-state index contributed by atoms with van der Waals surface area (Å²) in [5.74, 6) is 0.765. The van der Waals surface area contributed by atoms with Crippen molar-refractivity contribution in [1.29, 1.82) is 0 Å². The molecule has 2 aromatic heterocycles. The standard InChI is InChI=1S/C26H27ClN4O2/c1-33-26(32)24-8-5-13-30(24)21-11-14-29(15-12-21)18-25-28-22-16-20(27)9-10-23(22)31(25)17-19-6-3-2-4-7-19/h2-10,13,16,21H,11-12,14-15,17-18H2,1H3. The number of hydrogen-bond donors (Lipinski definition) is 0. The lowest BCUT2D eigenvalue weighted by Gasteiger charge is -2.33. The number of hydrogen-bond acceptors (Lipinski definition) is 4. The van der Waals surface area contributed by atoms with E-state index in [1.54, 1.807) is 0 Å². The second-order valence-electron chi connectivity index (χ2n) is 8.53. The number of carbonyl (C=O) groups excluding carboxylic acids is 1. The van der Waals surface area contributed by atoms with Gasteiger partial charge in [-0.25, -0.2) is 9.78 Å². The summed E-state index contributed by atoms with van der Waals surface area (Å²) in [7, 11) is 1.43. The van der Waals surface area contributed by atoms with Crippen molar-refractivity contribution in [3.05, 3.63) is 89.0 Å². The summed E-state index contributed by atoms with van der Waals surface area (Å²) in [5, 5.41) is 0.701. The molecule has 3 heterocycles. The van der Waals surface area contributed by atoms with Crippen LogP contribution in [0.15, 0.2) is 66.9 Å². The molecule has 0 atom stereocenters. The first-order valence-electron chi connectivity index (χ1n) is 11.3. The highest BCUT2D eigenvalue weighted by Crippen LogP contribution is 2.27. The Labute approximate surface area is 198 Å². The molecule has 1 aliphatic rings. The molecule has 1 fully saturated rings. The van der Waals surface area contributed by atoms with Crippen LogP contribution in [0.1, 0.15) is 40.8 Å². The molecule has 5 rings (SSSR count). The number of rotatable bonds is 6. The highest BCUT2D eigenvalue weighted by Gasteiger charge is 2.25. The number of methoxy groups -OCH3 is 1. The molecule has 2 aromatic carbocycles. The zero-order valence-electron chi connectivity index (χ0n) is 18.7. The Morgan fingerprint density at radius 1 is 1.06 bits per heavy atom. The molecule has 0 bridgehead atoms. The van der Waals surface area contributed by atoms with E-state index in [1.807, 2.05) is 36.5 Å². The van der Waals surface area contributed by atoms with Gasteiger partial charge in [0.2, 0.25) is 0 Å². The first-order chi connectivity index (χ1) is 16.1. The molecule has 1 aliphatic heterocycles. The fraction of sp³-hybridized carbons (Fsp3) is 0.308. The molecule has 1 saturated heterocycles. The number of aromatic nitrogens is 3. The Balaban J connectivity index is 1.34. The fourth-order valence-corrected chi connectivity index (χ4v) is 4.93. The van der Waals surface area contributed by atoms with Gasteiger partial charge in [0.1, 0.15) is 11.5 Å². The Kier molecular flexibility index (Phi) is 6.20. The molecule has 4 aromatic rings. The first-order valence-corrected chi connectivity index (χ1v) is 11.7. The van der Waals surface area contributed by atoms with Gasteiger partial charge in [-0.3, -0.25) is 4.90 Å². The maximum atomic E-state index is 12.1. The number of likely N-dealkylation sites (tertiary alicyclic amines) is 1. The zero-order valence-corrected chi connectivity index (χ0v) is 19.4. The predicted octanol–water partition coefficient (Wildman–Crippen LogP) is 5.16. The minimum atomic E-state index is -0.282. The second kappa shape index (κ2) is 9.41. The molecular weight excluding hydrogens is 436 g/mol. The van der Waals surface area contributed by atoms with Crippen LogP contribution in [0.25, 0.3) is 11.0 Å². The highest BCUT2D eigenvalue weighted by atomic mass is 35.5. The molecule has 0 aliphatic carbocycles. The van der Waals surface area contributed by atoms with Crippen molar-refractivity contribution in [2.75, 3.05) is 20.2 Å². The van der Waals surface area contributed by atoms with E-state index in [-0.39, 0.29) is 5.97 Å². The number of halogens is 1. The molecule has 0 N–H and O–H groups in total. The summed E-state index contributed by atoms with van der Waals surface area (Å²) in [6.45, 7) is 3.44. The number of imidazole rings is 1. The van der Waals surface area contributed by atoms with Crippen molar-refractivity contribution in [3.63, 3.8) is 0 Å². The van der Waals surface area contributed by atoms with Gasteiger partial charge in [0.25, 0.3) is 0 Å². The second-order valence-corrected chi connectivity index (χ2v) is 8.97. The average molecular weight is 463 g/mol. The Bertz CT molecular complexity index is 1260. The van der Waals surface area contributed by atoms with E-state index in [9.17, 15) is 4.79 Å². The van der Waals surface area contributed by atoms with Crippen LogP contribution in [0.4, 0.5) is 0 Å². The maximum absolute atomic E-state index is 12.1. The normalized spacial score (nSPS) is 15.2. The summed E-state index contributed by atoms with van der Waals surface area (Å²) in [4.78, 5) is 19.5. The molecule has 33 heavy (non-hydrogen) atoms. The first kappa shape index (κ1) is 21.7. The summed E-state index contributed by atoms with van der Waals surface area (Å²) in [6, 6.07) is 20.4. The van der Waals surface area contributed by atoms with E-state index in [4.69, 9.17) is 21.3 Å². The van der Waals surface area contributed by atoms with Gasteiger partial charge in [0.05, 0.1) is 24.7 Å². The molecule has 0 radical (unpaired) electrons. The van der Waals surface area contributed by atoms with Crippen molar-refractivity contribution >= 4 is 28.6 Å². The van der Waals surface area contributed by atoms with Crippen molar-refractivity contribution < 1.29 is 9.53 Å². The summed E-state index contributed by atoms with van der Waals surface area (Å²) in [6.07, 6.45) is 3.93. The van der Waals surface area contributed by atoms with Crippen LogP contribution in [0.5, 0.6) is 0 Å². The quantitative estimate of drug-likeness (QED) is 0.371. The van der Waals surface area contributed by atoms with E-state index < -0.39 is 0 Å². The van der Waals surface area contributed by atoms with Gasteiger partial charge >= 0.3 is 5.97 Å². The van der Waals surface area contributed by atoms with Gasteiger partial charge in [-0.2, -0.15) is 0 Å². The van der Waals surface area contributed by atoms with Crippen molar-refractivity contribution in [2.45, 2.75) is 32.0 Å². The molecule has 0 saturated carbocycles. The highest BCUT2D eigenvalue weighted by molar-refractivity contribution is 6.31. The Morgan fingerprint density at radius 2 is 1.85 bits per heavy atom. The van der Waals surface area contributed by atoms with Crippen LogP contribution < -0.4 is 0 Å². The van der Waals surface area contributed by atoms with Gasteiger partial charge in [-0.05, 0) is 48.7 Å². The third-order valence-electron chi connectivity index (χ3n) is 6.46. The van der Waals surface area contributed by atoms with Gasteiger partial charge in [-0.1, -0.05) is 41.9 Å². The Hall–Kier alpha value is -3.09.